The van der Waals surface area contributed by atoms with Gasteiger partial charge in [0.1, 0.15) is 11.8 Å². The zero-order chi connectivity index (χ0) is 15.7. The van der Waals surface area contributed by atoms with Crippen LogP contribution in [0, 0.1) is 13.8 Å². The number of carbonyl (C=O) groups excluding carboxylic acids is 2. The number of urea groups is 1. The third-order valence-electron chi connectivity index (χ3n) is 4.55. The van der Waals surface area contributed by atoms with Crippen molar-refractivity contribution in [2.45, 2.75) is 39.2 Å². The highest BCUT2D eigenvalue weighted by molar-refractivity contribution is 6.04. The molecule has 1 aromatic carbocycles. The van der Waals surface area contributed by atoms with Crippen molar-refractivity contribution in [1.29, 1.82) is 0 Å². The molecule has 0 N–H and O–H groups in total. The van der Waals surface area contributed by atoms with Gasteiger partial charge in [-0.15, -0.1) is 0 Å². The summed E-state index contributed by atoms with van der Waals surface area (Å²) in [5.41, 5.74) is 2.43. The first-order valence-corrected chi connectivity index (χ1v) is 7.90. The SMILES string of the molecule is Cc1ccc(OCCCN2C(=O)C3CCCN3C2=O)cc1C. The molecule has 22 heavy (non-hydrogen) atoms. The molecule has 3 rings (SSSR count). The maximum atomic E-state index is 12.2. The van der Waals surface area contributed by atoms with Gasteiger partial charge in [-0.2, -0.15) is 0 Å². The fraction of sp³-hybridized carbons (Fsp3) is 0.529. The summed E-state index contributed by atoms with van der Waals surface area (Å²) < 4.78 is 5.70. The highest BCUT2D eigenvalue weighted by atomic mass is 16.5. The first-order chi connectivity index (χ1) is 10.6. The van der Waals surface area contributed by atoms with Crippen LogP contribution in [0.25, 0.3) is 0 Å². The molecule has 0 spiro atoms. The highest BCUT2D eigenvalue weighted by Gasteiger charge is 2.46. The number of amides is 3. The van der Waals surface area contributed by atoms with Gasteiger partial charge in [-0.05, 0) is 56.4 Å². The molecule has 2 heterocycles. The van der Waals surface area contributed by atoms with Crippen molar-refractivity contribution in [3.63, 3.8) is 0 Å². The number of rotatable bonds is 5. The van der Waals surface area contributed by atoms with Crippen molar-refractivity contribution >= 4 is 11.9 Å². The number of ether oxygens (including phenoxy) is 1. The summed E-state index contributed by atoms with van der Waals surface area (Å²) in [6.45, 7) is 5.78. The van der Waals surface area contributed by atoms with Crippen molar-refractivity contribution in [2.24, 2.45) is 0 Å². The fourth-order valence-electron chi connectivity index (χ4n) is 3.10. The molecule has 2 saturated heterocycles. The van der Waals surface area contributed by atoms with Crippen LogP contribution in [0.4, 0.5) is 4.79 Å². The standard InChI is InChI=1S/C17H22N2O3/c1-12-6-7-14(11-13(12)2)22-10-4-9-19-16(20)15-5-3-8-18(15)17(19)21/h6-7,11,15H,3-5,8-10H2,1-2H3. The molecule has 0 radical (unpaired) electrons. The van der Waals surface area contributed by atoms with Crippen LogP contribution in [-0.2, 0) is 4.79 Å². The molecule has 2 aliphatic heterocycles. The molecule has 0 saturated carbocycles. The number of hydrogen-bond donors (Lipinski definition) is 0. The van der Waals surface area contributed by atoms with Crippen LogP contribution < -0.4 is 4.74 Å². The zero-order valence-electron chi connectivity index (χ0n) is 13.2. The Morgan fingerprint density at radius 3 is 2.77 bits per heavy atom. The molecule has 2 fully saturated rings. The molecule has 5 heteroatoms. The Bertz CT molecular complexity index is 578. The zero-order valence-corrected chi connectivity index (χ0v) is 13.2. The van der Waals surface area contributed by atoms with Gasteiger partial charge < -0.3 is 9.64 Å². The van der Waals surface area contributed by atoms with E-state index in [-0.39, 0.29) is 18.0 Å². The lowest BCUT2D eigenvalue weighted by Gasteiger charge is -2.15. The second-order valence-electron chi connectivity index (χ2n) is 6.07. The Morgan fingerprint density at radius 2 is 2.05 bits per heavy atom. The molecule has 0 aromatic heterocycles. The lowest BCUT2D eigenvalue weighted by molar-refractivity contribution is -0.128. The molecule has 118 valence electrons. The van der Waals surface area contributed by atoms with Crippen LogP contribution in [0.3, 0.4) is 0 Å². The molecule has 0 aliphatic carbocycles. The number of benzene rings is 1. The third kappa shape index (κ3) is 2.67. The lowest BCUT2D eigenvalue weighted by Crippen LogP contribution is -2.34. The van der Waals surface area contributed by atoms with Gasteiger partial charge in [0.15, 0.2) is 0 Å². The van der Waals surface area contributed by atoms with Gasteiger partial charge in [0.05, 0.1) is 6.61 Å². The van der Waals surface area contributed by atoms with E-state index >= 15 is 0 Å². The molecule has 1 atom stereocenters. The van der Waals surface area contributed by atoms with Gasteiger partial charge in [0.2, 0.25) is 0 Å². The Balaban J connectivity index is 1.48. The largest absolute Gasteiger partial charge is 0.494 e. The van der Waals surface area contributed by atoms with Crippen molar-refractivity contribution in [1.82, 2.24) is 9.80 Å². The van der Waals surface area contributed by atoms with Gasteiger partial charge in [-0.25, -0.2) is 4.79 Å². The summed E-state index contributed by atoms with van der Waals surface area (Å²) in [6, 6.07) is 5.67. The average molecular weight is 302 g/mol. The number of fused-ring (bicyclic) bond motifs is 1. The molecular weight excluding hydrogens is 280 g/mol. The van der Waals surface area contributed by atoms with Crippen molar-refractivity contribution in [2.75, 3.05) is 19.7 Å². The van der Waals surface area contributed by atoms with E-state index in [1.54, 1.807) is 4.90 Å². The quantitative estimate of drug-likeness (QED) is 0.620. The van der Waals surface area contributed by atoms with Crippen molar-refractivity contribution in [3.8, 4) is 5.75 Å². The molecule has 0 bridgehead atoms. The maximum absolute atomic E-state index is 12.2. The van der Waals surface area contributed by atoms with Gasteiger partial charge in [0.25, 0.3) is 5.91 Å². The van der Waals surface area contributed by atoms with Crippen LogP contribution in [0.15, 0.2) is 18.2 Å². The Labute approximate surface area is 130 Å². The summed E-state index contributed by atoms with van der Waals surface area (Å²) in [4.78, 5) is 27.4. The molecule has 5 nitrogen and oxygen atoms in total. The van der Waals surface area contributed by atoms with Crippen molar-refractivity contribution in [3.05, 3.63) is 29.3 Å². The summed E-state index contributed by atoms with van der Waals surface area (Å²) >= 11 is 0. The van der Waals surface area contributed by atoms with Crippen molar-refractivity contribution < 1.29 is 14.3 Å². The van der Waals surface area contributed by atoms with Crippen LogP contribution in [0.2, 0.25) is 0 Å². The third-order valence-corrected chi connectivity index (χ3v) is 4.55. The monoisotopic (exact) mass is 302 g/mol. The van der Waals surface area contributed by atoms with Gasteiger partial charge in [-0.3, -0.25) is 9.69 Å². The number of carbonyl (C=O) groups is 2. The first-order valence-electron chi connectivity index (χ1n) is 7.90. The summed E-state index contributed by atoms with van der Waals surface area (Å²) in [5.74, 6) is 0.802. The predicted molar refractivity (Wildman–Crippen MR) is 82.9 cm³/mol. The summed E-state index contributed by atoms with van der Waals surface area (Å²) in [6.07, 6.45) is 2.40. The topological polar surface area (TPSA) is 49.9 Å². The first kappa shape index (κ1) is 14.9. The van der Waals surface area contributed by atoms with E-state index in [0.29, 0.717) is 26.1 Å². The number of nitrogens with zero attached hydrogens (tertiary/aromatic N) is 2. The van der Waals surface area contributed by atoms with Gasteiger partial charge in [-0.1, -0.05) is 6.07 Å². The minimum absolute atomic E-state index is 0.0336. The van der Waals surface area contributed by atoms with Gasteiger partial charge >= 0.3 is 6.03 Å². The number of aryl methyl sites for hydroxylation is 2. The smallest absolute Gasteiger partial charge is 0.327 e. The maximum Gasteiger partial charge on any atom is 0.327 e. The van der Waals surface area contributed by atoms with Crippen LogP contribution in [0.1, 0.15) is 30.4 Å². The van der Waals surface area contributed by atoms with E-state index in [1.165, 1.54) is 16.0 Å². The Kier molecular flexibility index (Phi) is 4.05. The van der Waals surface area contributed by atoms with E-state index in [1.807, 2.05) is 18.2 Å². The Morgan fingerprint density at radius 1 is 1.23 bits per heavy atom. The van der Waals surface area contributed by atoms with E-state index < -0.39 is 0 Å². The second kappa shape index (κ2) is 5.99. The van der Waals surface area contributed by atoms with E-state index in [2.05, 4.69) is 13.8 Å². The minimum Gasteiger partial charge on any atom is -0.494 e. The molecule has 3 amide bonds. The van der Waals surface area contributed by atoms with E-state index in [9.17, 15) is 9.59 Å². The Hall–Kier alpha value is -2.04. The highest BCUT2D eigenvalue weighted by Crippen LogP contribution is 2.27. The van der Waals surface area contributed by atoms with E-state index in [0.717, 1.165) is 18.6 Å². The second-order valence-corrected chi connectivity index (χ2v) is 6.07. The number of hydrogen-bond acceptors (Lipinski definition) is 3. The van der Waals surface area contributed by atoms with E-state index in [4.69, 9.17) is 4.74 Å². The molecule has 1 aromatic rings. The molecule has 2 aliphatic rings. The average Bonchev–Trinajstić information content (AvgIpc) is 3.06. The number of imide groups is 1. The van der Waals surface area contributed by atoms with Gasteiger partial charge in [0, 0.05) is 13.1 Å². The normalized spacial score (nSPS) is 20.7. The lowest BCUT2D eigenvalue weighted by atomic mass is 10.1. The minimum atomic E-state index is -0.201. The molecular formula is C17H22N2O3. The van der Waals surface area contributed by atoms with Crippen LogP contribution in [0.5, 0.6) is 5.75 Å². The van der Waals surface area contributed by atoms with Crippen LogP contribution >= 0.6 is 0 Å². The summed E-state index contributed by atoms with van der Waals surface area (Å²) in [5, 5.41) is 0. The molecule has 1 unspecified atom stereocenters. The summed E-state index contributed by atoms with van der Waals surface area (Å²) in [7, 11) is 0. The fourth-order valence-corrected chi connectivity index (χ4v) is 3.10. The van der Waals surface area contributed by atoms with Crippen LogP contribution in [-0.4, -0.2) is 47.5 Å². The predicted octanol–water partition coefficient (Wildman–Crippen LogP) is 2.50.